The molecule has 0 aromatic heterocycles. The van der Waals surface area contributed by atoms with Gasteiger partial charge in [0.25, 0.3) is 7.82 Å². The molecule has 1 amide bonds. The summed E-state index contributed by atoms with van der Waals surface area (Å²) in [6.45, 7) is 4.51. The SMILES string of the molecule is CC/C=C\C/C=C\C/C=C\C/C=C\C/C=C\CCCCCCCCCCCCCC(=O)NC(COP(=O)([O-])OCC[N+](C)(C)C)C(O)/C=C/CC/C=C/CCCCCCCCCCCCC. The molecule has 382 valence electrons. The third-order valence-electron chi connectivity index (χ3n) is 11.6. The summed E-state index contributed by atoms with van der Waals surface area (Å²) in [4.78, 5) is 25.4. The van der Waals surface area contributed by atoms with Gasteiger partial charge in [0.05, 0.1) is 39.9 Å². The molecule has 0 aromatic carbocycles. The molecule has 0 bridgehead atoms. The summed E-state index contributed by atoms with van der Waals surface area (Å²) < 4.78 is 23.3. The minimum Gasteiger partial charge on any atom is -0.756 e. The Morgan fingerprint density at radius 3 is 1.41 bits per heavy atom. The van der Waals surface area contributed by atoms with Crippen LogP contribution in [-0.4, -0.2) is 68.5 Å². The minimum absolute atomic E-state index is 0.0104. The van der Waals surface area contributed by atoms with Gasteiger partial charge in [-0.1, -0.05) is 221 Å². The highest BCUT2D eigenvalue weighted by molar-refractivity contribution is 7.45. The topological polar surface area (TPSA) is 108 Å². The van der Waals surface area contributed by atoms with Crippen LogP contribution in [0.5, 0.6) is 0 Å². The molecule has 0 rings (SSSR count). The quantitative estimate of drug-likeness (QED) is 0.0272. The third-order valence-corrected chi connectivity index (χ3v) is 12.6. The molecule has 9 heteroatoms. The van der Waals surface area contributed by atoms with E-state index in [0.29, 0.717) is 17.4 Å². The maximum absolute atomic E-state index is 12.9. The molecule has 0 spiro atoms. The molecule has 0 aliphatic rings. The number of amides is 1. The number of phosphoric acid groups is 1. The smallest absolute Gasteiger partial charge is 0.268 e. The number of rotatable bonds is 48. The van der Waals surface area contributed by atoms with Crippen molar-refractivity contribution in [1.29, 1.82) is 0 Å². The number of carbonyl (C=O) groups excluding carboxylic acids is 1. The molecular formula is C57H103N2O6P. The lowest BCUT2D eigenvalue weighted by Gasteiger charge is -2.29. The van der Waals surface area contributed by atoms with Crippen LogP contribution in [0.4, 0.5) is 0 Å². The van der Waals surface area contributed by atoms with E-state index < -0.39 is 26.6 Å². The highest BCUT2D eigenvalue weighted by Gasteiger charge is 2.23. The molecule has 3 unspecified atom stereocenters. The van der Waals surface area contributed by atoms with Crippen LogP contribution in [0.15, 0.2) is 85.1 Å². The molecule has 0 saturated carbocycles. The van der Waals surface area contributed by atoms with Crippen molar-refractivity contribution in [2.24, 2.45) is 0 Å². The normalized spacial score (nSPS) is 14.7. The van der Waals surface area contributed by atoms with E-state index in [2.05, 4.69) is 92.1 Å². The van der Waals surface area contributed by atoms with Crippen LogP contribution < -0.4 is 10.2 Å². The maximum Gasteiger partial charge on any atom is 0.268 e. The average Bonchev–Trinajstić information content (AvgIpc) is 3.28. The summed E-state index contributed by atoms with van der Waals surface area (Å²) in [5.74, 6) is -0.214. The lowest BCUT2D eigenvalue weighted by atomic mass is 10.0. The van der Waals surface area contributed by atoms with Crippen LogP contribution in [0.1, 0.15) is 219 Å². The van der Waals surface area contributed by atoms with Gasteiger partial charge in [0, 0.05) is 6.42 Å². The third kappa shape index (κ3) is 49.6. The minimum atomic E-state index is -4.61. The molecule has 0 aliphatic carbocycles. The maximum atomic E-state index is 12.9. The van der Waals surface area contributed by atoms with Crippen molar-refractivity contribution in [1.82, 2.24) is 5.32 Å². The van der Waals surface area contributed by atoms with Gasteiger partial charge in [0.1, 0.15) is 13.2 Å². The number of carbonyl (C=O) groups is 1. The first kappa shape index (κ1) is 63.7. The van der Waals surface area contributed by atoms with Crippen molar-refractivity contribution in [3.05, 3.63) is 85.1 Å². The van der Waals surface area contributed by atoms with E-state index in [1.54, 1.807) is 6.08 Å². The molecule has 0 fully saturated rings. The second-order valence-corrected chi connectivity index (χ2v) is 20.6. The number of aliphatic hydroxyl groups excluding tert-OH is 1. The van der Waals surface area contributed by atoms with E-state index in [0.717, 1.165) is 70.6 Å². The second kappa shape index (κ2) is 47.7. The molecule has 0 aromatic rings. The zero-order valence-electron chi connectivity index (χ0n) is 43.4. The second-order valence-electron chi connectivity index (χ2n) is 19.2. The van der Waals surface area contributed by atoms with Crippen LogP contribution in [-0.2, 0) is 18.4 Å². The van der Waals surface area contributed by atoms with Crippen molar-refractivity contribution in [3.8, 4) is 0 Å². The number of nitrogens with zero attached hydrogens (tertiary/aromatic N) is 1. The Morgan fingerprint density at radius 1 is 0.545 bits per heavy atom. The number of likely N-dealkylation sites (N-methyl/N-ethyl adjacent to an activating group) is 1. The monoisotopic (exact) mass is 943 g/mol. The summed E-state index contributed by atoms with van der Waals surface area (Å²) in [6, 6.07) is -0.910. The molecule has 0 radical (unpaired) electrons. The largest absolute Gasteiger partial charge is 0.756 e. The van der Waals surface area contributed by atoms with E-state index in [1.807, 2.05) is 27.2 Å². The highest BCUT2D eigenvalue weighted by Crippen LogP contribution is 2.38. The Balaban J connectivity index is 4.28. The fourth-order valence-electron chi connectivity index (χ4n) is 7.37. The van der Waals surface area contributed by atoms with Crippen molar-refractivity contribution in [2.75, 3.05) is 40.9 Å². The standard InChI is InChI=1S/C57H103N2O6P/c1-6-8-10-12-14-16-18-20-22-24-25-26-27-28-29-30-31-32-33-35-37-39-41-43-45-47-49-51-57(61)58-55(54-65-66(62,63)64-53-52-59(3,4)5)56(60)50-48-46-44-42-40-38-36-34-23-21-19-17-15-13-11-9-7-2/h8,10,14,16,20,22,25-26,28-29,40,42,48,50,55-56,60H,6-7,9,11-13,15,17-19,21,23-24,27,30-39,41,43-47,49,51-54H2,1-5H3,(H-,58,61,62,63)/b10-8-,16-14-,22-20-,26-25-,29-28-,42-40+,50-48+. The van der Waals surface area contributed by atoms with Crippen LogP contribution in [0.25, 0.3) is 0 Å². The summed E-state index contributed by atoms with van der Waals surface area (Å²) in [5.41, 5.74) is 0. The Bertz CT molecular complexity index is 1350. The molecule has 0 aliphatic heterocycles. The van der Waals surface area contributed by atoms with Crippen molar-refractivity contribution >= 4 is 13.7 Å². The lowest BCUT2D eigenvalue weighted by Crippen LogP contribution is -2.45. The van der Waals surface area contributed by atoms with Gasteiger partial charge < -0.3 is 28.8 Å². The average molecular weight is 943 g/mol. The van der Waals surface area contributed by atoms with E-state index in [9.17, 15) is 19.4 Å². The zero-order chi connectivity index (χ0) is 48.5. The van der Waals surface area contributed by atoms with Crippen LogP contribution >= 0.6 is 7.82 Å². The number of nitrogens with one attached hydrogen (secondary N) is 1. The van der Waals surface area contributed by atoms with Crippen LogP contribution in [0.3, 0.4) is 0 Å². The van der Waals surface area contributed by atoms with Gasteiger partial charge in [0.15, 0.2) is 0 Å². The molecular weight excluding hydrogens is 840 g/mol. The first-order chi connectivity index (χ1) is 32.0. The van der Waals surface area contributed by atoms with Gasteiger partial charge in [0.2, 0.25) is 5.91 Å². The van der Waals surface area contributed by atoms with E-state index >= 15 is 0 Å². The number of hydrogen-bond acceptors (Lipinski definition) is 6. The van der Waals surface area contributed by atoms with Crippen LogP contribution in [0, 0.1) is 0 Å². The Hall–Kier alpha value is -2.32. The highest BCUT2D eigenvalue weighted by atomic mass is 31.2. The van der Waals surface area contributed by atoms with Gasteiger partial charge in [-0.25, -0.2) is 0 Å². The van der Waals surface area contributed by atoms with Crippen LogP contribution in [0.2, 0.25) is 0 Å². The number of aliphatic hydroxyl groups is 1. The lowest BCUT2D eigenvalue weighted by molar-refractivity contribution is -0.870. The molecule has 2 N–H and O–H groups in total. The Labute approximate surface area is 407 Å². The van der Waals surface area contributed by atoms with Gasteiger partial charge >= 0.3 is 0 Å². The molecule has 0 saturated heterocycles. The molecule has 0 heterocycles. The fraction of sp³-hybridized carbons (Fsp3) is 0.737. The van der Waals surface area contributed by atoms with Gasteiger partial charge in [-0.05, 0) is 77.0 Å². The van der Waals surface area contributed by atoms with Gasteiger partial charge in [-0.3, -0.25) is 9.36 Å². The molecule has 8 nitrogen and oxygen atoms in total. The number of quaternary nitrogens is 1. The van der Waals surface area contributed by atoms with E-state index in [-0.39, 0.29) is 12.5 Å². The molecule has 66 heavy (non-hydrogen) atoms. The van der Waals surface area contributed by atoms with E-state index in [4.69, 9.17) is 9.05 Å². The predicted molar refractivity (Wildman–Crippen MR) is 283 cm³/mol. The Kier molecular flexibility index (Phi) is 46.1. The van der Waals surface area contributed by atoms with Crippen molar-refractivity contribution in [2.45, 2.75) is 231 Å². The summed E-state index contributed by atoms with van der Waals surface area (Å²) in [5, 5.41) is 13.8. The zero-order valence-corrected chi connectivity index (χ0v) is 44.3. The number of allylic oxidation sites excluding steroid dienone is 13. The van der Waals surface area contributed by atoms with Crippen molar-refractivity contribution < 1.29 is 32.9 Å². The van der Waals surface area contributed by atoms with Gasteiger partial charge in [-0.15, -0.1) is 0 Å². The summed E-state index contributed by atoms with van der Waals surface area (Å²) >= 11 is 0. The fourth-order valence-corrected chi connectivity index (χ4v) is 8.09. The van der Waals surface area contributed by atoms with E-state index in [1.165, 1.54) is 128 Å². The number of phosphoric ester groups is 1. The Morgan fingerprint density at radius 2 is 0.939 bits per heavy atom. The summed E-state index contributed by atoms with van der Waals surface area (Å²) in [7, 11) is 1.23. The first-order valence-electron chi connectivity index (χ1n) is 26.9. The number of hydrogen-bond donors (Lipinski definition) is 2. The first-order valence-corrected chi connectivity index (χ1v) is 28.4. The molecule has 3 atom stereocenters. The predicted octanol–water partition coefficient (Wildman–Crippen LogP) is 15.5. The summed E-state index contributed by atoms with van der Waals surface area (Å²) in [6.07, 6.45) is 66.5. The van der Waals surface area contributed by atoms with Crippen molar-refractivity contribution in [3.63, 3.8) is 0 Å². The van der Waals surface area contributed by atoms with Gasteiger partial charge in [-0.2, -0.15) is 0 Å². The number of unbranched alkanes of at least 4 members (excludes halogenated alkanes) is 23.